The lowest BCUT2D eigenvalue weighted by molar-refractivity contribution is 0.0670. The van der Waals surface area contributed by atoms with E-state index < -0.39 is 31.6 Å². The van der Waals surface area contributed by atoms with Crippen LogP contribution in [0.25, 0.3) is 11.3 Å². The van der Waals surface area contributed by atoms with Crippen LogP contribution >= 0.6 is 0 Å². The van der Waals surface area contributed by atoms with Crippen LogP contribution in [0.3, 0.4) is 0 Å². The van der Waals surface area contributed by atoms with Gasteiger partial charge in [0.05, 0.1) is 22.2 Å². The fourth-order valence-electron chi connectivity index (χ4n) is 4.36. The number of sulfone groups is 2. The van der Waals surface area contributed by atoms with Crippen molar-refractivity contribution in [1.82, 2.24) is 10.1 Å². The summed E-state index contributed by atoms with van der Waals surface area (Å²) in [5.41, 5.74) is 2.53. The average Bonchev–Trinajstić information content (AvgIpc) is 3.49. The fourth-order valence-corrected chi connectivity index (χ4v) is 7.41. The monoisotopic (exact) mass is 545 g/mol. The number of hydrogen-bond acceptors (Lipinski definition) is 8. The maximum Gasteiger partial charge on any atom is 0.276 e. The number of rotatable bonds is 9. The van der Waals surface area contributed by atoms with Crippen molar-refractivity contribution in [2.75, 3.05) is 36.3 Å². The van der Waals surface area contributed by atoms with Crippen molar-refractivity contribution in [2.24, 2.45) is 0 Å². The summed E-state index contributed by atoms with van der Waals surface area (Å²) in [5, 5.41) is 3.96. The molecule has 2 heterocycles. The second-order valence-corrected chi connectivity index (χ2v) is 13.8. The van der Waals surface area contributed by atoms with Crippen LogP contribution in [-0.2, 0) is 26.2 Å². The van der Waals surface area contributed by atoms with E-state index in [1.165, 1.54) is 18.2 Å². The molecule has 1 atom stereocenters. The topological polar surface area (TPSA) is 118 Å². The van der Waals surface area contributed by atoms with E-state index in [0.717, 1.165) is 11.3 Å². The second-order valence-electron chi connectivity index (χ2n) is 9.47. The lowest BCUT2D eigenvalue weighted by atomic mass is 10.1. The van der Waals surface area contributed by atoms with Crippen molar-refractivity contribution in [3.63, 3.8) is 0 Å². The summed E-state index contributed by atoms with van der Waals surface area (Å²) in [6.07, 6.45) is 0.887. The summed E-state index contributed by atoms with van der Waals surface area (Å²) in [4.78, 5) is 17.3. The fraction of sp³-hybridized carbons (Fsp3) is 0.385. The van der Waals surface area contributed by atoms with Gasteiger partial charge in [-0.15, -0.1) is 0 Å². The molecule has 0 aliphatic carbocycles. The highest BCUT2D eigenvalue weighted by Gasteiger charge is 2.36. The second kappa shape index (κ2) is 10.7. The third-order valence-electron chi connectivity index (χ3n) is 6.42. The molecule has 1 aliphatic heterocycles. The number of hydrogen-bond donors (Lipinski definition) is 0. The molecular weight excluding hydrogens is 514 g/mol. The number of carbonyl (C=O) groups is 1. The molecule has 11 heteroatoms. The van der Waals surface area contributed by atoms with Gasteiger partial charge in [0.15, 0.2) is 31.1 Å². The number of anilines is 1. The molecule has 0 bridgehead atoms. The van der Waals surface area contributed by atoms with Crippen LogP contribution in [0.5, 0.6) is 0 Å². The van der Waals surface area contributed by atoms with Gasteiger partial charge in [0.25, 0.3) is 5.91 Å². The molecule has 3 aromatic rings. The SMILES string of the molecule is CCCS(=O)(=O)c1ccc(-c2cc(C(=O)N(Cc3ccc(N(C)C)cc3)C3CCS(=O)(=O)C3)no2)cc1. The summed E-state index contributed by atoms with van der Waals surface area (Å²) in [7, 11) is -2.68. The van der Waals surface area contributed by atoms with Crippen LogP contribution < -0.4 is 4.90 Å². The van der Waals surface area contributed by atoms with E-state index in [0.29, 0.717) is 24.2 Å². The normalized spacial score (nSPS) is 17.0. The first-order valence-electron chi connectivity index (χ1n) is 12.1. The van der Waals surface area contributed by atoms with Gasteiger partial charge in [-0.05, 0) is 54.8 Å². The van der Waals surface area contributed by atoms with Gasteiger partial charge in [0, 0.05) is 44.0 Å². The molecule has 1 saturated heterocycles. The highest BCUT2D eigenvalue weighted by atomic mass is 32.2. The highest BCUT2D eigenvalue weighted by Crippen LogP contribution is 2.26. The van der Waals surface area contributed by atoms with Gasteiger partial charge in [0.1, 0.15) is 0 Å². The summed E-state index contributed by atoms with van der Waals surface area (Å²) >= 11 is 0. The van der Waals surface area contributed by atoms with E-state index in [4.69, 9.17) is 4.52 Å². The first-order valence-corrected chi connectivity index (χ1v) is 15.5. The first-order chi connectivity index (χ1) is 17.5. The Morgan fingerprint density at radius 2 is 1.76 bits per heavy atom. The van der Waals surface area contributed by atoms with E-state index in [2.05, 4.69) is 5.16 Å². The van der Waals surface area contributed by atoms with Crippen molar-refractivity contribution in [1.29, 1.82) is 0 Å². The lowest BCUT2D eigenvalue weighted by Crippen LogP contribution is -2.40. The molecule has 198 valence electrons. The highest BCUT2D eigenvalue weighted by molar-refractivity contribution is 7.91. The van der Waals surface area contributed by atoms with E-state index >= 15 is 0 Å². The predicted molar refractivity (Wildman–Crippen MR) is 142 cm³/mol. The number of amides is 1. The smallest absolute Gasteiger partial charge is 0.276 e. The zero-order valence-corrected chi connectivity index (χ0v) is 22.8. The van der Waals surface area contributed by atoms with E-state index in [-0.39, 0.29) is 34.4 Å². The zero-order valence-electron chi connectivity index (χ0n) is 21.1. The minimum atomic E-state index is -3.34. The van der Waals surface area contributed by atoms with Gasteiger partial charge in [-0.1, -0.05) is 24.2 Å². The van der Waals surface area contributed by atoms with Crippen LogP contribution in [0, 0.1) is 0 Å². The summed E-state index contributed by atoms with van der Waals surface area (Å²) in [6.45, 7) is 2.04. The van der Waals surface area contributed by atoms with Gasteiger partial charge >= 0.3 is 0 Å². The number of aromatic nitrogens is 1. The molecule has 0 radical (unpaired) electrons. The standard InChI is InChI=1S/C26H31N3O6S2/c1-4-14-37(33,34)23-11-7-20(8-12-23)25-16-24(27-35-25)26(30)29(22-13-15-36(31,32)18-22)17-19-5-9-21(10-6-19)28(2)3/h5-12,16,22H,4,13-15,17-18H2,1-3H3. The molecule has 2 aromatic carbocycles. The quantitative estimate of drug-likeness (QED) is 0.401. The zero-order chi connectivity index (χ0) is 26.8. The molecule has 9 nitrogen and oxygen atoms in total. The Balaban J connectivity index is 1.58. The average molecular weight is 546 g/mol. The van der Waals surface area contributed by atoms with Crippen LogP contribution in [0.2, 0.25) is 0 Å². The third-order valence-corrected chi connectivity index (χ3v) is 10.1. The van der Waals surface area contributed by atoms with Gasteiger partial charge < -0.3 is 14.3 Å². The van der Waals surface area contributed by atoms with Crippen molar-refractivity contribution in [3.8, 4) is 11.3 Å². The molecular formula is C26H31N3O6S2. The van der Waals surface area contributed by atoms with Gasteiger partial charge in [-0.2, -0.15) is 0 Å². The summed E-state index contributed by atoms with van der Waals surface area (Å²) in [5.74, 6) is -0.0866. The maximum absolute atomic E-state index is 13.5. The van der Waals surface area contributed by atoms with Crippen molar-refractivity contribution < 1.29 is 26.2 Å². The minimum absolute atomic E-state index is 0.0400. The van der Waals surface area contributed by atoms with E-state index in [9.17, 15) is 21.6 Å². The van der Waals surface area contributed by atoms with Crippen LogP contribution in [0.4, 0.5) is 5.69 Å². The summed E-state index contributed by atoms with van der Waals surface area (Å²) in [6, 6.07) is 15.0. The largest absolute Gasteiger partial charge is 0.378 e. The van der Waals surface area contributed by atoms with Gasteiger partial charge in [-0.3, -0.25) is 4.79 Å². The number of benzene rings is 2. The van der Waals surface area contributed by atoms with Crippen LogP contribution in [-0.4, -0.2) is 70.2 Å². The van der Waals surface area contributed by atoms with Crippen molar-refractivity contribution >= 4 is 31.3 Å². The van der Waals surface area contributed by atoms with Crippen LogP contribution in [0.1, 0.15) is 35.8 Å². The summed E-state index contributed by atoms with van der Waals surface area (Å²) < 4.78 is 54.4. The van der Waals surface area contributed by atoms with E-state index in [1.54, 1.807) is 17.0 Å². The van der Waals surface area contributed by atoms with Crippen molar-refractivity contribution in [2.45, 2.75) is 37.2 Å². The van der Waals surface area contributed by atoms with Crippen LogP contribution in [0.15, 0.2) is 64.0 Å². The molecule has 1 aromatic heterocycles. The molecule has 0 saturated carbocycles. The van der Waals surface area contributed by atoms with Gasteiger partial charge in [-0.25, -0.2) is 16.8 Å². The molecule has 0 spiro atoms. The molecule has 1 fully saturated rings. The molecule has 1 aliphatic rings. The Hall–Kier alpha value is -3.18. The van der Waals surface area contributed by atoms with Gasteiger partial charge in [0.2, 0.25) is 0 Å². The predicted octanol–water partition coefficient (Wildman–Crippen LogP) is 3.42. The molecule has 1 amide bonds. The Bertz CT molecular complexity index is 1460. The third kappa shape index (κ3) is 6.22. The number of nitrogens with zero attached hydrogens (tertiary/aromatic N) is 3. The molecule has 0 N–H and O–H groups in total. The molecule has 37 heavy (non-hydrogen) atoms. The molecule has 1 unspecified atom stereocenters. The van der Waals surface area contributed by atoms with E-state index in [1.807, 2.05) is 50.2 Å². The Labute approximate surface area is 217 Å². The first kappa shape index (κ1) is 26.9. The lowest BCUT2D eigenvalue weighted by Gasteiger charge is -2.27. The van der Waals surface area contributed by atoms with Crippen molar-refractivity contribution in [3.05, 3.63) is 65.9 Å². The minimum Gasteiger partial charge on any atom is -0.378 e. The number of carbonyl (C=O) groups excluding carboxylic acids is 1. The Morgan fingerprint density at radius 3 is 2.32 bits per heavy atom. The Morgan fingerprint density at radius 1 is 1.08 bits per heavy atom. The Kier molecular flexibility index (Phi) is 7.75. The molecule has 4 rings (SSSR count). The maximum atomic E-state index is 13.5.